The molecule has 1 saturated heterocycles. The summed E-state index contributed by atoms with van der Waals surface area (Å²) in [6.45, 7) is 1.24. The number of hydrogen-bond acceptors (Lipinski definition) is 4. The number of anilines is 2. The van der Waals surface area contributed by atoms with E-state index in [-0.39, 0.29) is 16.8 Å². The van der Waals surface area contributed by atoms with Crippen molar-refractivity contribution in [2.75, 3.05) is 23.3 Å². The molecule has 0 atom stereocenters. The molecule has 1 aliphatic heterocycles. The van der Waals surface area contributed by atoms with Crippen molar-refractivity contribution in [3.63, 3.8) is 0 Å². The zero-order valence-electron chi connectivity index (χ0n) is 13.9. The molecule has 0 unspecified atom stereocenters. The molecule has 2 amide bonds. The monoisotopic (exact) mass is 376 g/mol. The topological polar surface area (TPSA) is 88.3 Å². The number of amides is 2. The molecule has 8 heteroatoms. The first-order valence-electron chi connectivity index (χ1n) is 8.20. The lowest BCUT2D eigenvalue weighted by molar-refractivity contribution is -0.120. The van der Waals surface area contributed by atoms with Gasteiger partial charge in [-0.25, -0.2) is 4.39 Å². The summed E-state index contributed by atoms with van der Waals surface area (Å²) in [5.41, 5.74) is 6.97. The van der Waals surface area contributed by atoms with E-state index in [9.17, 15) is 14.0 Å². The molecule has 3 rings (SSSR count). The molecule has 2 heterocycles. The molecule has 1 aromatic carbocycles. The van der Waals surface area contributed by atoms with Crippen LogP contribution in [0.25, 0.3) is 0 Å². The average molecular weight is 377 g/mol. The van der Waals surface area contributed by atoms with Crippen molar-refractivity contribution in [1.82, 2.24) is 4.98 Å². The Morgan fingerprint density at radius 2 is 2.00 bits per heavy atom. The molecule has 3 N–H and O–H groups in total. The molecule has 1 fully saturated rings. The number of pyridine rings is 1. The van der Waals surface area contributed by atoms with Gasteiger partial charge in [-0.1, -0.05) is 11.6 Å². The molecule has 0 spiro atoms. The van der Waals surface area contributed by atoms with E-state index in [0.29, 0.717) is 37.2 Å². The van der Waals surface area contributed by atoms with E-state index < -0.39 is 11.7 Å². The third kappa shape index (κ3) is 3.94. The zero-order chi connectivity index (χ0) is 18.7. The lowest BCUT2D eigenvalue weighted by Crippen LogP contribution is -2.39. The number of hydrogen-bond donors (Lipinski definition) is 2. The second-order valence-corrected chi connectivity index (χ2v) is 6.54. The number of nitrogens with two attached hydrogens (primary N) is 1. The van der Waals surface area contributed by atoms with Crippen LogP contribution in [0.3, 0.4) is 0 Å². The van der Waals surface area contributed by atoms with E-state index in [0.717, 1.165) is 5.69 Å². The predicted molar refractivity (Wildman–Crippen MR) is 97.7 cm³/mol. The third-order valence-electron chi connectivity index (χ3n) is 4.46. The summed E-state index contributed by atoms with van der Waals surface area (Å²) >= 11 is 5.73. The number of halogens is 2. The minimum Gasteiger partial charge on any atom is -0.371 e. The zero-order valence-corrected chi connectivity index (χ0v) is 14.7. The van der Waals surface area contributed by atoms with Gasteiger partial charge in [0.25, 0.3) is 5.91 Å². The van der Waals surface area contributed by atoms with Crippen LogP contribution in [0, 0.1) is 11.7 Å². The largest absolute Gasteiger partial charge is 0.371 e. The van der Waals surface area contributed by atoms with Crippen LogP contribution >= 0.6 is 11.6 Å². The van der Waals surface area contributed by atoms with Crippen LogP contribution < -0.4 is 16.0 Å². The van der Waals surface area contributed by atoms with Crippen molar-refractivity contribution in [2.24, 2.45) is 11.7 Å². The Labute approximate surface area is 155 Å². The molecule has 136 valence electrons. The second kappa shape index (κ2) is 7.70. The van der Waals surface area contributed by atoms with Gasteiger partial charge in [0, 0.05) is 37.1 Å². The van der Waals surface area contributed by atoms with E-state index in [1.807, 2.05) is 4.90 Å². The fourth-order valence-electron chi connectivity index (χ4n) is 3.05. The maximum Gasteiger partial charge on any atom is 0.252 e. The third-order valence-corrected chi connectivity index (χ3v) is 4.75. The van der Waals surface area contributed by atoms with Crippen LogP contribution in [0.4, 0.5) is 15.8 Å². The summed E-state index contributed by atoms with van der Waals surface area (Å²) in [5.74, 6) is -1.35. The Balaban J connectivity index is 1.62. The molecule has 1 aromatic heterocycles. The molecular formula is C18H18ClFN4O2. The quantitative estimate of drug-likeness (QED) is 0.858. The fourth-order valence-corrected chi connectivity index (χ4v) is 3.23. The van der Waals surface area contributed by atoms with Gasteiger partial charge >= 0.3 is 0 Å². The highest BCUT2D eigenvalue weighted by atomic mass is 35.5. The van der Waals surface area contributed by atoms with E-state index in [1.54, 1.807) is 12.3 Å². The molecule has 26 heavy (non-hydrogen) atoms. The van der Waals surface area contributed by atoms with Crippen LogP contribution in [-0.2, 0) is 4.79 Å². The maximum atomic E-state index is 13.2. The van der Waals surface area contributed by atoms with Gasteiger partial charge < -0.3 is 16.0 Å². The SMILES string of the molecule is NC(=O)c1cnccc1N1CCC(C(=O)Nc2ccc(F)c(Cl)c2)CC1. The van der Waals surface area contributed by atoms with E-state index >= 15 is 0 Å². The number of nitrogens with zero attached hydrogens (tertiary/aromatic N) is 2. The van der Waals surface area contributed by atoms with Gasteiger partial charge in [-0.15, -0.1) is 0 Å². The average Bonchev–Trinajstić information content (AvgIpc) is 2.65. The van der Waals surface area contributed by atoms with Crippen LogP contribution in [-0.4, -0.2) is 29.9 Å². The molecule has 2 aromatic rings. The number of aromatic nitrogens is 1. The highest BCUT2D eigenvalue weighted by Crippen LogP contribution is 2.27. The predicted octanol–water partition coefficient (Wildman–Crippen LogP) is 2.83. The van der Waals surface area contributed by atoms with Crippen LogP contribution in [0.15, 0.2) is 36.7 Å². The molecule has 0 saturated carbocycles. The minimum atomic E-state index is -0.527. The Morgan fingerprint density at radius 1 is 1.27 bits per heavy atom. The summed E-state index contributed by atoms with van der Waals surface area (Å²) in [4.78, 5) is 29.9. The summed E-state index contributed by atoms with van der Waals surface area (Å²) in [6.07, 6.45) is 4.32. The van der Waals surface area contributed by atoms with Crippen molar-refractivity contribution < 1.29 is 14.0 Å². The number of rotatable bonds is 4. The molecule has 0 aliphatic carbocycles. The van der Waals surface area contributed by atoms with Crippen molar-refractivity contribution in [2.45, 2.75) is 12.8 Å². The van der Waals surface area contributed by atoms with Gasteiger partial charge in [0.1, 0.15) is 5.82 Å². The summed E-state index contributed by atoms with van der Waals surface area (Å²) in [7, 11) is 0. The summed E-state index contributed by atoms with van der Waals surface area (Å²) < 4.78 is 13.2. The van der Waals surface area contributed by atoms with Crippen LogP contribution in [0.5, 0.6) is 0 Å². The number of primary amides is 1. The Kier molecular flexibility index (Phi) is 5.37. The van der Waals surface area contributed by atoms with Gasteiger partial charge in [-0.05, 0) is 37.1 Å². The number of nitrogens with one attached hydrogen (secondary N) is 1. The molecular weight excluding hydrogens is 359 g/mol. The lowest BCUT2D eigenvalue weighted by atomic mass is 9.95. The minimum absolute atomic E-state index is 0.0331. The van der Waals surface area contributed by atoms with Gasteiger partial charge in [0.05, 0.1) is 16.3 Å². The van der Waals surface area contributed by atoms with Crippen molar-refractivity contribution in [1.29, 1.82) is 0 Å². The maximum absolute atomic E-state index is 13.2. The van der Waals surface area contributed by atoms with E-state index in [1.165, 1.54) is 24.4 Å². The van der Waals surface area contributed by atoms with Crippen molar-refractivity contribution in [3.05, 3.63) is 53.1 Å². The van der Waals surface area contributed by atoms with Crippen LogP contribution in [0.1, 0.15) is 23.2 Å². The number of benzene rings is 1. The number of carbonyl (C=O) groups is 2. The molecule has 1 aliphatic rings. The number of piperidine rings is 1. The Hall–Kier alpha value is -2.67. The highest BCUT2D eigenvalue weighted by molar-refractivity contribution is 6.31. The Bertz CT molecular complexity index is 838. The van der Waals surface area contributed by atoms with Gasteiger partial charge in [0.2, 0.25) is 5.91 Å². The van der Waals surface area contributed by atoms with Gasteiger partial charge in [-0.3, -0.25) is 14.6 Å². The smallest absolute Gasteiger partial charge is 0.252 e. The lowest BCUT2D eigenvalue weighted by Gasteiger charge is -2.33. The fraction of sp³-hybridized carbons (Fsp3) is 0.278. The van der Waals surface area contributed by atoms with Crippen molar-refractivity contribution in [3.8, 4) is 0 Å². The standard InChI is InChI=1S/C18H18ClFN4O2/c19-14-9-12(1-2-15(14)20)23-18(26)11-4-7-24(8-5-11)16-3-6-22-10-13(16)17(21)25/h1-3,6,9-11H,4-5,7-8H2,(H2,21,25)(H,23,26). The first-order chi connectivity index (χ1) is 12.5. The summed E-state index contributed by atoms with van der Waals surface area (Å²) in [6, 6.07) is 5.83. The summed E-state index contributed by atoms with van der Waals surface area (Å²) in [5, 5.41) is 2.74. The first-order valence-corrected chi connectivity index (χ1v) is 8.58. The number of carbonyl (C=O) groups excluding carboxylic acids is 2. The van der Waals surface area contributed by atoms with E-state index in [2.05, 4.69) is 10.3 Å². The molecule has 6 nitrogen and oxygen atoms in total. The highest BCUT2D eigenvalue weighted by Gasteiger charge is 2.27. The van der Waals surface area contributed by atoms with Gasteiger partial charge in [-0.2, -0.15) is 0 Å². The normalized spacial score (nSPS) is 14.9. The van der Waals surface area contributed by atoms with Crippen molar-refractivity contribution >= 4 is 34.8 Å². The molecule has 0 bridgehead atoms. The van der Waals surface area contributed by atoms with Gasteiger partial charge in [0.15, 0.2) is 0 Å². The second-order valence-electron chi connectivity index (χ2n) is 6.14. The Morgan fingerprint density at radius 3 is 2.65 bits per heavy atom. The first kappa shape index (κ1) is 18.1. The van der Waals surface area contributed by atoms with Crippen LogP contribution in [0.2, 0.25) is 5.02 Å². The molecule has 0 radical (unpaired) electrons. The van der Waals surface area contributed by atoms with E-state index in [4.69, 9.17) is 17.3 Å².